The number of halogens is 1. The lowest BCUT2D eigenvalue weighted by Crippen LogP contribution is -2.08. The first-order valence-electron chi connectivity index (χ1n) is 7.70. The number of carbonyl (C=O) groups excluding carboxylic acids is 1. The van der Waals surface area contributed by atoms with Crippen molar-refractivity contribution in [3.8, 4) is 11.4 Å². The van der Waals surface area contributed by atoms with E-state index in [-0.39, 0.29) is 17.0 Å². The van der Waals surface area contributed by atoms with Crippen LogP contribution < -0.4 is 0 Å². The monoisotopic (exact) mass is 329 g/mol. The Morgan fingerprint density at radius 3 is 2.48 bits per heavy atom. The third-order valence-electron chi connectivity index (χ3n) is 3.84. The Balaban J connectivity index is 1.94. The lowest BCUT2D eigenvalue weighted by Gasteiger charge is -2.08. The van der Waals surface area contributed by atoms with Gasteiger partial charge in [0.05, 0.1) is 5.52 Å². The summed E-state index contributed by atoms with van der Waals surface area (Å²) in [5.41, 5.74) is 1.92. The average molecular weight is 329 g/mol. The minimum absolute atomic E-state index is 0.253. The van der Waals surface area contributed by atoms with E-state index in [4.69, 9.17) is 0 Å². The normalized spacial score (nSPS) is 10.8. The fraction of sp³-hybridized carbons (Fsp3) is 0. The molecule has 4 aromatic rings. The number of pyridine rings is 1. The number of hydrogen-bond acceptors (Lipinski definition) is 4. The molecule has 0 unspecified atom stereocenters. The number of hydrogen-bond donors (Lipinski definition) is 0. The Morgan fingerprint density at radius 1 is 0.880 bits per heavy atom. The molecule has 120 valence electrons. The molecule has 25 heavy (non-hydrogen) atoms. The largest absolute Gasteiger partial charge is 0.287 e. The zero-order chi connectivity index (χ0) is 17.2. The van der Waals surface area contributed by atoms with Gasteiger partial charge in [0, 0.05) is 28.9 Å². The molecule has 0 N–H and O–H groups in total. The van der Waals surface area contributed by atoms with Crippen LogP contribution in [0.2, 0.25) is 0 Å². The molecule has 0 bridgehead atoms. The number of aromatic nitrogens is 3. The topological polar surface area (TPSA) is 55.7 Å². The molecule has 0 aliphatic heterocycles. The van der Waals surface area contributed by atoms with Crippen molar-refractivity contribution in [3.05, 3.63) is 90.1 Å². The first-order chi connectivity index (χ1) is 12.2. The highest BCUT2D eigenvalue weighted by atomic mass is 19.1. The van der Waals surface area contributed by atoms with Crippen molar-refractivity contribution in [3.63, 3.8) is 0 Å². The molecule has 4 nitrogen and oxygen atoms in total. The number of benzene rings is 2. The lowest BCUT2D eigenvalue weighted by atomic mass is 10.0. The Bertz CT molecular complexity index is 1080. The molecule has 2 aromatic carbocycles. The second kappa shape index (κ2) is 6.20. The molecule has 2 heterocycles. The van der Waals surface area contributed by atoms with E-state index in [0.29, 0.717) is 16.7 Å². The summed E-state index contributed by atoms with van der Waals surface area (Å²) in [6.07, 6.45) is 3.28. The first kappa shape index (κ1) is 15.1. The highest BCUT2D eigenvalue weighted by Crippen LogP contribution is 2.23. The van der Waals surface area contributed by atoms with Gasteiger partial charge in [-0.05, 0) is 30.3 Å². The van der Waals surface area contributed by atoms with Gasteiger partial charge in [-0.2, -0.15) is 0 Å². The number of rotatable bonds is 3. The van der Waals surface area contributed by atoms with E-state index in [0.717, 1.165) is 5.56 Å². The summed E-state index contributed by atoms with van der Waals surface area (Å²) in [6, 6.07) is 16.4. The van der Waals surface area contributed by atoms with Gasteiger partial charge in [0.2, 0.25) is 5.78 Å². The highest BCUT2D eigenvalue weighted by Gasteiger charge is 2.17. The van der Waals surface area contributed by atoms with Crippen LogP contribution in [0.15, 0.2) is 73.1 Å². The summed E-state index contributed by atoms with van der Waals surface area (Å²) < 4.78 is 13.5. The Morgan fingerprint density at radius 2 is 1.68 bits per heavy atom. The van der Waals surface area contributed by atoms with Crippen LogP contribution >= 0.6 is 0 Å². The molecule has 0 aliphatic carbocycles. The van der Waals surface area contributed by atoms with E-state index in [1.807, 2.05) is 18.2 Å². The average Bonchev–Trinajstić information content (AvgIpc) is 2.67. The SMILES string of the molecule is O=C(c1cccc(F)c1)c1nc(-c2ccncc2)nc2ccccc12. The van der Waals surface area contributed by atoms with Crippen LogP contribution in [0.5, 0.6) is 0 Å². The van der Waals surface area contributed by atoms with Gasteiger partial charge in [0.1, 0.15) is 11.5 Å². The molecule has 4 rings (SSSR count). The summed E-state index contributed by atoms with van der Waals surface area (Å²) in [4.78, 5) is 25.9. The van der Waals surface area contributed by atoms with Gasteiger partial charge in [-0.25, -0.2) is 14.4 Å². The quantitative estimate of drug-likeness (QED) is 0.532. The fourth-order valence-electron chi connectivity index (χ4n) is 2.65. The maximum Gasteiger partial charge on any atom is 0.212 e. The first-order valence-corrected chi connectivity index (χ1v) is 7.70. The van der Waals surface area contributed by atoms with E-state index in [1.54, 1.807) is 36.7 Å². The molecule has 0 saturated carbocycles. The molecular formula is C20H12FN3O. The lowest BCUT2D eigenvalue weighted by molar-refractivity contribution is 0.103. The fourth-order valence-corrected chi connectivity index (χ4v) is 2.65. The number of ketones is 1. The summed E-state index contributed by atoms with van der Waals surface area (Å²) in [5, 5.41) is 0.634. The molecule has 0 saturated heterocycles. The smallest absolute Gasteiger partial charge is 0.212 e. The molecule has 2 aromatic heterocycles. The molecule has 0 amide bonds. The van der Waals surface area contributed by atoms with Crippen molar-refractivity contribution in [2.75, 3.05) is 0 Å². The van der Waals surface area contributed by atoms with Gasteiger partial charge in [0.15, 0.2) is 5.82 Å². The molecular weight excluding hydrogens is 317 g/mol. The van der Waals surface area contributed by atoms with Crippen LogP contribution in [0, 0.1) is 5.82 Å². The van der Waals surface area contributed by atoms with Crippen LogP contribution in [0.4, 0.5) is 4.39 Å². The van der Waals surface area contributed by atoms with Gasteiger partial charge >= 0.3 is 0 Å². The third kappa shape index (κ3) is 2.87. The number of para-hydroxylation sites is 1. The van der Waals surface area contributed by atoms with Crippen LogP contribution in [0.1, 0.15) is 16.1 Å². The van der Waals surface area contributed by atoms with Crippen LogP contribution in [0.25, 0.3) is 22.3 Å². The molecule has 0 atom stereocenters. The Labute approximate surface area is 143 Å². The van der Waals surface area contributed by atoms with Crippen molar-refractivity contribution in [2.45, 2.75) is 0 Å². The standard InChI is InChI=1S/C20H12FN3O/c21-15-5-3-4-14(12-15)19(25)18-16-6-1-2-7-17(16)23-20(24-18)13-8-10-22-11-9-13/h1-12H. The van der Waals surface area contributed by atoms with E-state index in [1.165, 1.54) is 18.2 Å². The second-order valence-corrected chi connectivity index (χ2v) is 5.49. The van der Waals surface area contributed by atoms with Crippen molar-refractivity contribution in [1.29, 1.82) is 0 Å². The Hall–Kier alpha value is -3.47. The molecule has 0 spiro atoms. The van der Waals surface area contributed by atoms with Gasteiger partial charge in [-0.1, -0.05) is 30.3 Å². The number of carbonyl (C=O) groups is 1. The zero-order valence-electron chi connectivity index (χ0n) is 13.1. The van der Waals surface area contributed by atoms with Gasteiger partial charge < -0.3 is 0 Å². The number of nitrogens with zero attached hydrogens (tertiary/aromatic N) is 3. The van der Waals surface area contributed by atoms with Crippen LogP contribution in [-0.2, 0) is 0 Å². The van der Waals surface area contributed by atoms with Gasteiger partial charge in [-0.3, -0.25) is 9.78 Å². The zero-order valence-corrected chi connectivity index (χ0v) is 13.1. The number of fused-ring (bicyclic) bond motifs is 1. The van der Waals surface area contributed by atoms with E-state index in [9.17, 15) is 9.18 Å². The van der Waals surface area contributed by atoms with E-state index < -0.39 is 5.82 Å². The maximum atomic E-state index is 13.5. The van der Waals surface area contributed by atoms with Crippen molar-refractivity contribution in [2.24, 2.45) is 0 Å². The van der Waals surface area contributed by atoms with Crippen LogP contribution in [0.3, 0.4) is 0 Å². The minimum atomic E-state index is -0.460. The molecule has 0 fully saturated rings. The van der Waals surface area contributed by atoms with Crippen molar-refractivity contribution < 1.29 is 9.18 Å². The van der Waals surface area contributed by atoms with E-state index >= 15 is 0 Å². The summed E-state index contributed by atoms with van der Waals surface area (Å²) in [7, 11) is 0. The highest BCUT2D eigenvalue weighted by molar-refractivity contribution is 6.14. The predicted octanol–water partition coefficient (Wildman–Crippen LogP) is 4.06. The van der Waals surface area contributed by atoms with Crippen molar-refractivity contribution in [1.82, 2.24) is 15.0 Å². The third-order valence-corrected chi connectivity index (χ3v) is 3.84. The second-order valence-electron chi connectivity index (χ2n) is 5.49. The minimum Gasteiger partial charge on any atom is -0.287 e. The molecule has 0 radical (unpaired) electrons. The Kier molecular flexibility index (Phi) is 3.74. The molecule has 5 heteroatoms. The summed E-state index contributed by atoms with van der Waals surface area (Å²) in [6.45, 7) is 0. The van der Waals surface area contributed by atoms with Gasteiger partial charge in [-0.15, -0.1) is 0 Å². The van der Waals surface area contributed by atoms with E-state index in [2.05, 4.69) is 15.0 Å². The van der Waals surface area contributed by atoms with Crippen LogP contribution in [-0.4, -0.2) is 20.7 Å². The summed E-state index contributed by atoms with van der Waals surface area (Å²) in [5.74, 6) is -0.368. The summed E-state index contributed by atoms with van der Waals surface area (Å²) >= 11 is 0. The molecule has 0 aliphatic rings. The maximum absolute atomic E-state index is 13.5. The van der Waals surface area contributed by atoms with Crippen molar-refractivity contribution >= 4 is 16.7 Å². The van der Waals surface area contributed by atoms with Gasteiger partial charge in [0.25, 0.3) is 0 Å². The predicted molar refractivity (Wildman–Crippen MR) is 92.6 cm³/mol.